The molecule has 2 aliphatic carbocycles. The third-order valence-corrected chi connectivity index (χ3v) is 6.82. The van der Waals surface area contributed by atoms with E-state index in [0.29, 0.717) is 28.7 Å². The molecule has 1 aromatic carbocycles. The first-order valence-corrected chi connectivity index (χ1v) is 11.7. The minimum Gasteiger partial charge on any atom is -0.336 e. The number of nitrogens with one attached hydrogen (secondary N) is 1. The van der Waals surface area contributed by atoms with Gasteiger partial charge in [-0.25, -0.2) is 0 Å². The lowest BCUT2D eigenvalue weighted by Crippen LogP contribution is -2.44. The van der Waals surface area contributed by atoms with Crippen LogP contribution in [0, 0.1) is 5.92 Å². The fraction of sp³-hybridized carbons (Fsp3) is 0.545. The maximum absolute atomic E-state index is 13.1. The Morgan fingerprint density at radius 3 is 2.53 bits per heavy atom. The summed E-state index contributed by atoms with van der Waals surface area (Å²) in [6.07, 6.45) is 8.59. The zero-order valence-electron chi connectivity index (χ0n) is 17.6. The van der Waals surface area contributed by atoms with Gasteiger partial charge in [0, 0.05) is 24.7 Å². The highest BCUT2D eigenvalue weighted by molar-refractivity contribution is 7.99. The molecule has 0 atom stereocenters. The standard InChI is InChI=1S/C22H29N5O2S/c1-15-6-8-18(9-7-15)27(19-10-11-19)21(29)13-30-22-25-23-14-26(22)20-5-3-4-17(12-20)24-16(2)28/h3-5,12,14-15,18-19H,6-11,13H2,1-2H3,(H,24,28). The summed E-state index contributed by atoms with van der Waals surface area (Å²) in [4.78, 5) is 26.6. The average molecular weight is 428 g/mol. The summed E-state index contributed by atoms with van der Waals surface area (Å²) in [5, 5.41) is 11.7. The molecule has 2 aromatic rings. The number of carbonyl (C=O) groups excluding carboxylic acids is 2. The van der Waals surface area contributed by atoms with Gasteiger partial charge in [-0.2, -0.15) is 0 Å². The molecule has 0 spiro atoms. The molecule has 1 N–H and O–H groups in total. The number of amides is 2. The number of rotatable bonds is 7. The first-order valence-electron chi connectivity index (χ1n) is 10.7. The molecule has 4 rings (SSSR count). The number of anilines is 1. The van der Waals surface area contributed by atoms with Crippen molar-refractivity contribution in [3.05, 3.63) is 30.6 Å². The highest BCUT2D eigenvalue weighted by atomic mass is 32.2. The van der Waals surface area contributed by atoms with Crippen LogP contribution in [0.3, 0.4) is 0 Å². The van der Waals surface area contributed by atoms with E-state index >= 15 is 0 Å². The lowest BCUT2D eigenvalue weighted by molar-refractivity contribution is -0.132. The molecule has 160 valence electrons. The second-order valence-electron chi connectivity index (χ2n) is 8.45. The first kappa shape index (κ1) is 20.9. The normalized spacial score (nSPS) is 21.3. The van der Waals surface area contributed by atoms with Crippen molar-refractivity contribution in [3.8, 4) is 5.69 Å². The van der Waals surface area contributed by atoms with Gasteiger partial charge in [0.2, 0.25) is 11.8 Å². The van der Waals surface area contributed by atoms with E-state index in [2.05, 4.69) is 27.3 Å². The van der Waals surface area contributed by atoms with E-state index in [1.807, 2.05) is 28.8 Å². The maximum atomic E-state index is 13.1. The van der Waals surface area contributed by atoms with E-state index in [4.69, 9.17) is 0 Å². The van der Waals surface area contributed by atoms with Crippen molar-refractivity contribution < 1.29 is 9.59 Å². The van der Waals surface area contributed by atoms with Gasteiger partial charge in [-0.15, -0.1) is 10.2 Å². The zero-order chi connectivity index (χ0) is 21.1. The summed E-state index contributed by atoms with van der Waals surface area (Å²) in [7, 11) is 0. The van der Waals surface area contributed by atoms with Gasteiger partial charge in [-0.3, -0.25) is 14.2 Å². The Kier molecular flexibility index (Phi) is 6.41. The van der Waals surface area contributed by atoms with E-state index in [1.54, 1.807) is 6.33 Å². The van der Waals surface area contributed by atoms with Gasteiger partial charge in [0.25, 0.3) is 0 Å². The number of aromatic nitrogens is 3. The Hall–Kier alpha value is -2.35. The van der Waals surface area contributed by atoms with Crippen LogP contribution in [0.15, 0.2) is 35.7 Å². The van der Waals surface area contributed by atoms with Crippen molar-refractivity contribution in [1.29, 1.82) is 0 Å². The fourth-order valence-electron chi connectivity index (χ4n) is 4.22. The molecular formula is C22H29N5O2S. The monoisotopic (exact) mass is 427 g/mol. The number of carbonyl (C=O) groups is 2. The molecule has 0 unspecified atom stereocenters. The molecule has 2 saturated carbocycles. The molecule has 7 nitrogen and oxygen atoms in total. The van der Waals surface area contributed by atoms with Crippen molar-refractivity contribution >= 4 is 29.3 Å². The van der Waals surface area contributed by atoms with Gasteiger partial charge in [0.05, 0.1) is 11.4 Å². The highest BCUT2D eigenvalue weighted by Crippen LogP contribution is 2.36. The topological polar surface area (TPSA) is 80.1 Å². The molecule has 0 aliphatic heterocycles. The third-order valence-electron chi connectivity index (χ3n) is 5.89. The van der Waals surface area contributed by atoms with Crippen molar-refractivity contribution in [2.24, 2.45) is 5.92 Å². The number of thioether (sulfide) groups is 1. The third kappa shape index (κ3) is 5.03. The molecule has 0 radical (unpaired) electrons. The van der Waals surface area contributed by atoms with Crippen LogP contribution in [0.4, 0.5) is 5.69 Å². The molecule has 0 saturated heterocycles. The second kappa shape index (κ2) is 9.20. The van der Waals surface area contributed by atoms with Crippen LogP contribution in [0.5, 0.6) is 0 Å². The van der Waals surface area contributed by atoms with Crippen LogP contribution >= 0.6 is 11.8 Å². The second-order valence-corrected chi connectivity index (χ2v) is 9.39. The summed E-state index contributed by atoms with van der Waals surface area (Å²) < 4.78 is 1.85. The van der Waals surface area contributed by atoms with Crippen LogP contribution in [0.1, 0.15) is 52.4 Å². The minimum atomic E-state index is -0.117. The largest absolute Gasteiger partial charge is 0.336 e. The zero-order valence-corrected chi connectivity index (χ0v) is 18.4. The number of hydrogen-bond donors (Lipinski definition) is 1. The van der Waals surface area contributed by atoms with Crippen molar-refractivity contribution in [2.75, 3.05) is 11.1 Å². The summed E-state index contributed by atoms with van der Waals surface area (Å²) >= 11 is 1.43. The number of benzene rings is 1. The number of nitrogens with zero attached hydrogens (tertiary/aromatic N) is 4. The van der Waals surface area contributed by atoms with E-state index in [9.17, 15) is 9.59 Å². The van der Waals surface area contributed by atoms with Gasteiger partial charge < -0.3 is 10.2 Å². The quantitative estimate of drug-likeness (QED) is 0.678. The van der Waals surface area contributed by atoms with Crippen LogP contribution in [-0.2, 0) is 9.59 Å². The molecule has 2 amide bonds. The van der Waals surface area contributed by atoms with E-state index in [-0.39, 0.29) is 11.8 Å². The van der Waals surface area contributed by atoms with Gasteiger partial charge in [-0.05, 0) is 62.6 Å². The Bertz CT molecular complexity index is 902. The molecular weight excluding hydrogens is 398 g/mol. The molecule has 2 aliphatic rings. The first-order chi connectivity index (χ1) is 14.5. The summed E-state index contributed by atoms with van der Waals surface area (Å²) in [6, 6.07) is 8.34. The van der Waals surface area contributed by atoms with Crippen LogP contribution in [0.25, 0.3) is 5.69 Å². The predicted molar refractivity (Wildman–Crippen MR) is 118 cm³/mol. The fourth-order valence-corrected chi connectivity index (χ4v) is 5.01. The van der Waals surface area contributed by atoms with Gasteiger partial charge in [0.15, 0.2) is 5.16 Å². The SMILES string of the molecule is CC(=O)Nc1cccc(-n2cnnc2SCC(=O)N(C2CCC(C)CC2)C2CC2)c1. The van der Waals surface area contributed by atoms with Crippen molar-refractivity contribution in [3.63, 3.8) is 0 Å². The Balaban J connectivity index is 1.42. The molecule has 2 fully saturated rings. The molecule has 1 aromatic heterocycles. The summed E-state index contributed by atoms with van der Waals surface area (Å²) in [5.74, 6) is 1.24. The van der Waals surface area contributed by atoms with Gasteiger partial charge in [0.1, 0.15) is 6.33 Å². The lowest BCUT2D eigenvalue weighted by Gasteiger charge is -2.36. The molecule has 0 bridgehead atoms. The molecule has 30 heavy (non-hydrogen) atoms. The minimum absolute atomic E-state index is 0.117. The lowest BCUT2D eigenvalue weighted by atomic mass is 9.86. The van der Waals surface area contributed by atoms with E-state index in [1.165, 1.54) is 31.5 Å². The average Bonchev–Trinajstić information content (AvgIpc) is 3.43. The Labute approximate surface area is 181 Å². The van der Waals surface area contributed by atoms with E-state index < -0.39 is 0 Å². The Morgan fingerprint density at radius 2 is 1.87 bits per heavy atom. The number of hydrogen-bond acceptors (Lipinski definition) is 5. The highest BCUT2D eigenvalue weighted by Gasteiger charge is 2.38. The maximum Gasteiger partial charge on any atom is 0.233 e. The smallest absolute Gasteiger partial charge is 0.233 e. The van der Waals surface area contributed by atoms with Crippen LogP contribution < -0.4 is 5.32 Å². The summed E-state index contributed by atoms with van der Waals surface area (Å²) in [6.45, 7) is 3.79. The Morgan fingerprint density at radius 1 is 1.17 bits per heavy atom. The van der Waals surface area contributed by atoms with E-state index in [0.717, 1.165) is 37.3 Å². The van der Waals surface area contributed by atoms with Gasteiger partial charge in [-0.1, -0.05) is 24.8 Å². The van der Waals surface area contributed by atoms with Crippen molar-refractivity contribution in [1.82, 2.24) is 19.7 Å². The van der Waals surface area contributed by atoms with Crippen molar-refractivity contribution in [2.45, 2.75) is 69.6 Å². The molecule has 1 heterocycles. The van der Waals surface area contributed by atoms with Crippen LogP contribution in [-0.4, -0.2) is 49.3 Å². The van der Waals surface area contributed by atoms with Gasteiger partial charge >= 0.3 is 0 Å². The van der Waals surface area contributed by atoms with Crippen LogP contribution in [0.2, 0.25) is 0 Å². The molecule has 8 heteroatoms. The predicted octanol–water partition coefficient (Wildman–Crippen LogP) is 3.89. The summed E-state index contributed by atoms with van der Waals surface area (Å²) in [5.41, 5.74) is 1.56.